The predicted octanol–water partition coefficient (Wildman–Crippen LogP) is 1.86. The van der Waals surface area contributed by atoms with E-state index in [0.717, 1.165) is 9.26 Å². The van der Waals surface area contributed by atoms with Gasteiger partial charge in [0.15, 0.2) is 0 Å². The summed E-state index contributed by atoms with van der Waals surface area (Å²) < 4.78 is 2.51. The summed E-state index contributed by atoms with van der Waals surface area (Å²) >= 11 is 2.19. The standard InChI is InChI=1S/C11H11IN4O/c1-16-10(9(13)6-14-16)11(17)15-8-4-2-3-7(12)5-8/h2-6H,13H2,1H3,(H,15,17). The van der Waals surface area contributed by atoms with Crippen LogP contribution in [0.5, 0.6) is 0 Å². The van der Waals surface area contributed by atoms with E-state index in [1.54, 1.807) is 7.05 Å². The van der Waals surface area contributed by atoms with Crippen LogP contribution in [0.4, 0.5) is 11.4 Å². The number of nitrogens with two attached hydrogens (primary N) is 1. The number of rotatable bonds is 2. The quantitative estimate of drug-likeness (QED) is 0.819. The van der Waals surface area contributed by atoms with Crippen molar-refractivity contribution in [2.45, 2.75) is 0 Å². The lowest BCUT2D eigenvalue weighted by Gasteiger charge is -2.06. The highest BCUT2D eigenvalue weighted by Crippen LogP contribution is 2.15. The smallest absolute Gasteiger partial charge is 0.276 e. The molecule has 1 aromatic heterocycles. The van der Waals surface area contributed by atoms with Gasteiger partial charge in [-0.25, -0.2) is 0 Å². The van der Waals surface area contributed by atoms with Crippen molar-refractivity contribution in [3.05, 3.63) is 39.7 Å². The number of anilines is 2. The zero-order chi connectivity index (χ0) is 12.4. The third-order valence-electron chi connectivity index (χ3n) is 2.26. The van der Waals surface area contributed by atoms with Gasteiger partial charge in [0.1, 0.15) is 5.69 Å². The molecule has 6 heteroatoms. The van der Waals surface area contributed by atoms with E-state index in [-0.39, 0.29) is 5.91 Å². The molecule has 1 amide bonds. The first kappa shape index (κ1) is 11.9. The molecule has 0 aliphatic carbocycles. The van der Waals surface area contributed by atoms with Crippen molar-refractivity contribution in [3.63, 3.8) is 0 Å². The van der Waals surface area contributed by atoms with Crippen LogP contribution < -0.4 is 11.1 Å². The van der Waals surface area contributed by atoms with Crippen LogP contribution in [0, 0.1) is 3.57 Å². The van der Waals surface area contributed by atoms with Crippen LogP contribution in [0.2, 0.25) is 0 Å². The molecule has 0 radical (unpaired) electrons. The second-order valence-corrected chi connectivity index (χ2v) is 4.78. The van der Waals surface area contributed by atoms with E-state index in [2.05, 4.69) is 33.0 Å². The minimum atomic E-state index is -0.260. The zero-order valence-corrected chi connectivity index (χ0v) is 11.3. The molecule has 88 valence electrons. The summed E-state index contributed by atoms with van der Waals surface area (Å²) in [7, 11) is 1.68. The van der Waals surface area contributed by atoms with Crippen LogP contribution in [0.15, 0.2) is 30.5 Å². The van der Waals surface area contributed by atoms with Gasteiger partial charge in [-0.2, -0.15) is 5.10 Å². The van der Waals surface area contributed by atoms with Gasteiger partial charge in [0, 0.05) is 16.3 Å². The lowest BCUT2D eigenvalue weighted by Crippen LogP contribution is -2.17. The molecule has 0 fully saturated rings. The van der Waals surface area contributed by atoms with E-state index in [9.17, 15) is 4.79 Å². The van der Waals surface area contributed by atoms with Gasteiger partial charge in [0.2, 0.25) is 0 Å². The third kappa shape index (κ3) is 2.57. The number of nitrogens with zero attached hydrogens (tertiary/aromatic N) is 2. The first-order valence-electron chi connectivity index (χ1n) is 4.92. The molecule has 1 aromatic carbocycles. The number of carbonyl (C=O) groups is 1. The average molecular weight is 342 g/mol. The maximum absolute atomic E-state index is 12.0. The van der Waals surface area contributed by atoms with Gasteiger partial charge in [0.05, 0.1) is 11.9 Å². The van der Waals surface area contributed by atoms with Gasteiger partial charge in [-0.15, -0.1) is 0 Å². The highest BCUT2D eigenvalue weighted by atomic mass is 127. The Kier molecular flexibility index (Phi) is 3.32. The molecular weight excluding hydrogens is 331 g/mol. The first-order chi connectivity index (χ1) is 8.08. The largest absolute Gasteiger partial charge is 0.396 e. The van der Waals surface area contributed by atoms with Crippen LogP contribution in [0.1, 0.15) is 10.5 Å². The van der Waals surface area contributed by atoms with Crippen LogP contribution >= 0.6 is 22.6 Å². The third-order valence-corrected chi connectivity index (χ3v) is 2.94. The van der Waals surface area contributed by atoms with Crippen molar-refractivity contribution >= 4 is 39.9 Å². The predicted molar refractivity (Wildman–Crippen MR) is 74.7 cm³/mol. The molecule has 0 saturated carbocycles. The van der Waals surface area contributed by atoms with Crippen LogP contribution in [0.3, 0.4) is 0 Å². The van der Waals surface area contributed by atoms with Crippen molar-refractivity contribution in [2.75, 3.05) is 11.1 Å². The van der Waals surface area contributed by atoms with Gasteiger partial charge < -0.3 is 11.1 Å². The Morgan fingerprint density at radius 1 is 1.53 bits per heavy atom. The highest BCUT2D eigenvalue weighted by molar-refractivity contribution is 14.1. The molecule has 0 atom stereocenters. The van der Waals surface area contributed by atoms with Crippen LogP contribution in [-0.4, -0.2) is 15.7 Å². The minimum absolute atomic E-state index is 0.260. The first-order valence-corrected chi connectivity index (χ1v) is 6.00. The van der Waals surface area contributed by atoms with Gasteiger partial charge in [0.25, 0.3) is 5.91 Å². The molecule has 0 unspecified atom stereocenters. The summed E-state index contributed by atoms with van der Waals surface area (Å²) in [5.41, 5.74) is 7.15. The molecule has 0 bridgehead atoms. The average Bonchev–Trinajstić information content (AvgIpc) is 2.58. The van der Waals surface area contributed by atoms with E-state index in [0.29, 0.717) is 11.4 Å². The number of halogens is 1. The topological polar surface area (TPSA) is 72.9 Å². The summed E-state index contributed by atoms with van der Waals surface area (Å²) in [5.74, 6) is -0.260. The summed E-state index contributed by atoms with van der Waals surface area (Å²) in [5, 5.41) is 6.71. The van der Waals surface area contributed by atoms with Gasteiger partial charge in [-0.05, 0) is 40.8 Å². The van der Waals surface area contributed by atoms with E-state index >= 15 is 0 Å². The normalized spacial score (nSPS) is 10.2. The van der Waals surface area contributed by atoms with Crippen LogP contribution in [0.25, 0.3) is 0 Å². The number of aryl methyl sites for hydroxylation is 1. The van der Waals surface area contributed by atoms with E-state index in [1.165, 1.54) is 10.9 Å². The second-order valence-electron chi connectivity index (χ2n) is 3.54. The van der Waals surface area contributed by atoms with Gasteiger partial charge >= 0.3 is 0 Å². The molecule has 0 aliphatic heterocycles. The number of nitrogen functional groups attached to an aromatic ring is 1. The molecule has 2 rings (SSSR count). The number of amides is 1. The number of hydrogen-bond donors (Lipinski definition) is 2. The van der Waals surface area contributed by atoms with E-state index in [1.807, 2.05) is 24.3 Å². The fourth-order valence-corrected chi connectivity index (χ4v) is 2.03. The maximum Gasteiger partial charge on any atom is 0.276 e. The Hall–Kier alpha value is -1.57. The summed E-state index contributed by atoms with van der Waals surface area (Å²) in [6, 6.07) is 7.54. The molecule has 2 aromatic rings. The minimum Gasteiger partial charge on any atom is -0.396 e. The Morgan fingerprint density at radius 3 is 2.88 bits per heavy atom. The molecule has 0 spiro atoms. The van der Waals surface area contributed by atoms with Gasteiger partial charge in [-0.3, -0.25) is 9.48 Å². The number of carbonyl (C=O) groups excluding carboxylic acids is 1. The molecule has 0 saturated heterocycles. The Bertz CT molecular complexity index is 545. The number of aromatic nitrogens is 2. The van der Waals surface area contributed by atoms with E-state index < -0.39 is 0 Å². The molecular formula is C11H11IN4O. The molecule has 17 heavy (non-hydrogen) atoms. The highest BCUT2D eigenvalue weighted by Gasteiger charge is 2.14. The number of benzene rings is 1. The number of nitrogens with one attached hydrogen (secondary N) is 1. The van der Waals surface area contributed by atoms with Gasteiger partial charge in [-0.1, -0.05) is 6.07 Å². The Morgan fingerprint density at radius 2 is 2.29 bits per heavy atom. The molecule has 1 heterocycles. The zero-order valence-electron chi connectivity index (χ0n) is 9.14. The van der Waals surface area contributed by atoms with Crippen molar-refractivity contribution in [2.24, 2.45) is 7.05 Å². The molecule has 3 N–H and O–H groups in total. The van der Waals surface area contributed by atoms with Crippen LogP contribution in [-0.2, 0) is 7.05 Å². The van der Waals surface area contributed by atoms with Crippen molar-refractivity contribution in [3.8, 4) is 0 Å². The van der Waals surface area contributed by atoms with E-state index in [4.69, 9.17) is 5.73 Å². The van der Waals surface area contributed by atoms with Crippen molar-refractivity contribution < 1.29 is 4.79 Å². The summed E-state index contributed by atoms with van der Waals surface area (Å²) in [6.07, 6.45) is 1.46. The Labute approximate surface area is 112 Å². The molecule has 0 aliphatic rings. The van der Waals surface area contributed by atoms with Crippen molar-refractivity contribution in [1.29, 1.82) is 0 Å². The van der Waals surface area contributed by atoms with Crippen molar-refractivity contribution in [1.82, 2.24) is 9.78 Å². The lowest BCUT2D eigenvalue weighted by atomic mass is 10.3. The Balaban J connectivity index is 2.23. The fourth-order valence-electron chi connectivity index (χ4n) is 1.49. The monoisotopic (exact) mass is 342 g/mol. The second kappa shape index (κ2) is 4.74. The number of hydrogen-bond acceptors (Lipinski definition) is 3. The summed E-state index contributed by atoms with van der Waals surface area (Å²) in [4.78, 5) is 12.0. The fraction of sp³-hybridized carbons (Fsp3) is 0.0909. The lowest BCUT2D eigenvalue weighted by molar-refractivity contribution is 0.101. The maximum atomic E-state index is 12.0. The molecule has 5 nitrogen and oxygen atoms in total. The SMILES string of the molecule is Cn1ncc(N)c1C(=O)Nc1cccc(I)c1. The summed E-state index contributed by atoms with van der Waals surface area (Å²) in [6.45, 7) is 0.